The highest BCUT2D eigenvalue weighted by molar-refractivity contribution is 6.30. The van der Waals surface area contributed by atoms with E-state index in [2.05, 4.69) is 22.1 Å². The lowest BCUT2D eigenvalue weighted by atomic mass is 9.82. The predicted octanol–water partition coefficient (Wildman–Crippen LogP) is 3.19. The van der Waals surface area contributed by atoms with Gasteiger partial charge in [-0.3, -0.25) is 9.78 Å². The van der Waals surface area contributed by atoms with Gasteiger partial charge >= 0.3 is 0 Å². The number of pyridine rings is 1. The SMILES string of the molecule is O=C(N[C@H]1CC[C@@](O)(C#Cc2cccc(Cl)c2)CC1)c1cccnc1. The van der Waals surface area contributed by atoms with Crippen LogP contribution in [0.3, 0.4) is 0 Å². The minimum atomic E-state index is -1.02. The van der Waals surface area contributed by atoms with Crippen LogP contribution in [0.5, 0.6) is 0 Å². The summed E-state index contributed by atoms with van der Waals surface area (Å²) < 4.78 is 0. The van der Waals surface area contributed by atoms with E-state index in [1.165, 1.54) is 0 Å². The monoisotopic (exact) mass is 354 g/mol. The first kappa shape index (κ1) is 17.5. The standard InChI is InChI=1S/C20H19ClN2O2/c21-17-5-1-3-15(13-17)6-9-20(25)10-7-18(8-11-20)23-19(24)16-4-2-12-22-14-16/h1-5,12-14,18,25H,7-8,10-11H2,(H,23,24)/t18-,20-. The Morgan fingerprint density at radius 1 is 1.28 bits per heavy atom. The normalized spacial score (nSPS) is 22.6. The van der Waals surface area contributed by atoms with Gasteiger partial charge in [-0.1, -0.05) is 29.5 Å². The van der Waals surface area contributed by atoms with Gasteiger partial charge in [0.15, 0.2) is 0 Å². The largest absolute Gasteiger partial charge is 0.378 e. The van der Waals surface area contributed by atoms with Gasteiger partial charge in [0.1, 0.15) is 5.60 Å². The molecule has 1 aromatic heterocycles. The maximum absolute atomic E-state index is 12.2. The lowest BCUT2D eigenvalue weighted by Gasteiger charge is -2.32. The molecule has 0 unspecified atom stereocenters. The highest BCUT2D eigenvalue weighted by atomic mass is 35.5. The van der Waals surface area contributed by atoms with Crippen LogP contribution in [0.1, 0.15) is 41.6 Å². The molecule has 1 amide bonds. The third-order valence-electron chi connectivity index (χ3n) is 4.34. The van der Waals surface area contributed by atoms with Gasteiger partial charge in [-0.05, 0) is 56.0 Å². The average Bonchev–Trinajstić information content (AvgIpc) is 2.63. The number of hydrogen-bond donors (Lipinski definition) is 2. The highest BCUT2D eigenvalue weighted by Gasteiger charge is 2.32. The van der Waals surface area contributed by atoms with Gasteiger partial charge in [0.05, 0.1) is 5.56 Å². The van der Waals surface area contributed by atoms with Crippen LogP contribution in [-0.2, 0) is 0 Å². The minimum Gasteiger partial charge on any atom is -0.378 e. The molecule has 25 heavy (non-hydrogen) atoms. The van der Waals surface area contributed by atoms with Gasteiger partial charge < -0.3 is 10.4 Å². The molecule has 1 aromatic carbocycles. The molecule has 0 spiro atoms. The summed E-state index contributed by atoms with van der Waals surface area (Å²) in [5.74, 6) is 5.84. The van der Waals surface area contributed by atoms with Crippen LogP contribution in [0, 0.1) is 11.8 Å². The number of benzene rings is 1. The van der Waals surface area contributed by atoms with E-state index in [1.54, 1.807) is 36.7 Å². The van der Waals surface area contributed by atoms with Crippen molar-refractivity contribution < 1.29 is 9.90 Å². The number of amides is 1. The molecule has 1 heterocycles. The predicted molar refractivity (Wildman–Crippen MR) is 97.2 cm³/mol. The van der Waals surface area contributed by atoms with E-state index in [1.807, 2.05) is 12.1 Å². The van der Waals surface area contributed by atoms with Gasteiger partial charge in [-0.25, -0.2) is 0 Å². The molecule has 0 radical (unpaired) electrons. The van der Waals surface area contributed by atoms with Crippen molar-refractivity contribution in [2.75, 3.05) is 0 Å². The summed E-state index contributed by atoms with van der Waals surface area (Å²) in [6.07, 6.45) is 5.61. The van der Waals surface area contributed by atoms with Crippen molar-refractivity contribution in [3.05, 3.63) is 64.9 Å². The highest BCUT2D eigenvalue weighted by Crippen LogP contribution is 2.28. The van der Waals surface area contributed by atoms with Crippen LogP contribution in [-0.4, -0.2) is 27.6 Å². The number of nitrogens with zero attached hydrogens (tertiary/aromatic N) is 1. The maximum Gasteiger partial charge on any atom is 0.253 e. The molecule has 0 bridgehead atoms. The summed E-state index contributed by atoms with van der Waals surface area (Å²) >= 11 is 5.94. The van der Waals surface area contributed by atoms with Gasteiger partial charge in [0.25, 0.3) is 5.91 Å². The minimum absolute atomic E-state index is 0.0425. The smallest absolute Gasteiger partial charge is 0.253 e. The second-order valence-corrected chi connectivity index (χ2v) is 6.72. The fourth-order valence-electron chi connectivity index (χ4n) is 2.89. The Bertz CT molecular complexity index is 803. The van der Waals surface area contributed by atoms with Gasteiger partial charge in [-0.15, -0.1) is 0 Å². The Kier molecular flexibility index (Phi) is 5.37. The molecule has 1 aliphatic rings. The van der Waals surface area contributed by atoms with Crippen molar-refractivity contribution in [2.24, 2.45) is 0 Å². The zero-order valence-electron chi connectivity index (χ0n) is 13.7. The van der Waals surface area contributed by atoms with Crippen LogP contribution < -0.4 is 5.32 Å². The summed E-state index contributed by atoms with van der Waals surface area (Å²) in [6.45, 7) is 0. The first-order valence-electron chi connectivity index (χ1n) is 8.26. The van der Waals surface area contributed by atoms with Crippen molar-refractivity contribution in [2.45, 2.75) is 37.3 Å². The van der Waals surface area contributed by atoms with Gasteiger partial charge in [0.2, 0.25) is 0 Å². The van der Waals surface area contributed by atoms with Crippen molar-refractivity contribution >= 4 is 17.5 Å². The molecule has 0 atom stereocenters. The first-order chi connectivity index (χ1) is 12.0. The summed E-state index contributed by atoms with van der Waals surface area (Å²) in [7, 11) is 0. The summed E-state index contributed by atoms with van der Waals surface area (Å²) in [4.78, 5) is 16.1. The van der Waals surface area contributed by atoms with Crippen LogP contribution >= 0.6 is 11.6 Å². The topological polar surface area (TPSA) is 62.2 Å². The number of halogens is 1. The van der Waals surface area contributed by atoms with Crippen LogP contribution in [0.2, 0.25) is 5.02 Å². The molecule has 0 saturated heterocycles. The Balaban J connectivity index is 1.57. The fourth-order valence-corrected chi connectivity index (χ4v) is 3.08. The fraction of sp³-hybridized carbons (Fsp3) is 0.300. The van der Waals surface area contributed by atoms with Gasteiger partial charge in [0, 0.05) is 29.0 Å². The summed E-state index contributed by atoms with van der Waals surface area (Å²) in [6, 6.07) is 10.8. The second kappa shape index (κ2) is 7.69. The Labute approximate surface area is 152 Å². The summed E-state index contributed by atoms with van der Waals surface area (Å²) in [5.41, 5.74) is 0.315. The molecule has 1 aliphatic carbocycles. The molecule has 1 fully saturated rings. The van der Waals surface area contributed by atoms with E-state index in [4.69, 9.17) is 11.6 Å². The van der Waals surface area contributed by atoms with Crippen molar-refractivity contribution in [3.63, 3.8) is 0 Å². The Hall–Kier alpha value is -2.35. The molecule has 0 aliphatic heterocycles. The number of rotatable bonds is 2. The number of carbonyl (C=O) groups is 1. The summed E-state index contributed by atoms with van der Waals surface area (Å²) in [5, 5.41) is 14.3. The third-order valence-corrected chi connectivity index (χ3v) is 4.57. The molecular weight excluding hydrogens is 336 g/mol. The van der Waals surface area contributed by atoms with E-state index in [0.29, 0.717) is 36.3 Å². The zero-order chi connectivity index (χ0) is 17.7. The van der Waals surface area contributed by atoms with Crippen LogP contribution in [0.4, 0.5) is 0 Å². The molecular formula is C20H19ClN2O2. The van der Waals surface area contributed by atoms with E-state index in [-0.39, 0.29) is 11.9 Å². The first-order valence-corrected chi connectivity index (χ1v) is 8.64. The molecule has 2 N–H and O–H groups in total. The number of aromatic nitrogens is 1. The third kappa shape index (κ3) is 4.82. The van der Waals surface area contributed by atoms with E-state index >= 15 is 0 Å². The van der Waals surface area contributed by atoms with Gasteiger partial charge in [-0.2, -0.15) is 0 Å². The zero-order valence-corrected chi connectivity index (χ0v) is 14.5. The molecule has 3 rings (SSSR count). The molecule has 128 valence electrons. The Morgan fingerprint density at radius 2 is 2.08 bits per heavy atom. The van der Waals surface area contributed by atoms with Crippen LogP contribution in [0.15, 0.2) is 48.8 Å². The van der Waals surface area contributed by atoms with Crippen molar-refractivity contribution in [3.8, 4) is 11.8 Å². The molecule has 2 aromatic rings. The molecule has 4 nitrogen and oxygen atoms in total. The lowest BCUT2D eigenvalue weighted by Crippen LogP contribution is -2.42. The number of aliphatic hydroxyl groups is 1. The quantitative estimate of drug-likeness (QED) is 0.814. The van der Waals surface area contributed by atoms with E-state index < -0.39 is 5.60 Å². The molecule has 5 heteroatoms. The number of nitrogens with one attached hydrogen (secondary N) is 1. The van der Waals surface area contributed by atoms with Crippen molar-refractivity contribution in [1.29, 1.82) is 0 Å². The number of hydrogen-bond acceptors (Lipinski definition) is 3. The van der Waals surface area contributed by atoms with E-state index in [9.17, 15) is 9.90 Å². The Morgan fingerprint density at radius 3 is 2.76 bits per heavy atom. The average molecular weight is 355 g/mol. The maximum atomic E-state index is 12.2. The molecule has 1 saturated carbocycles. The van der Waals surface area contributed by atoms with Crippen LogP contribution in [0.25, 0.3) is 0 Å². The number of carbonyl (C=O) groups excluding carboxylic acids is 1. The lowest BCUT2D eigenvalue weighted by molar-refractivity contribution is 0.0491. The second-order valence-electron chi connectivity index (χ2n) is 6.28. The van der Waals surface area contributed by atoms with Crippen molar-refractivity contribution in [1.82, 2.24) is 10.3 Å². The van der Waals surface area contributed by atoms with E-state index in [0.717, 1.165) is 5.56 Å².